The number of benzene rings is 2. The van der Waals surface area contributed by atoms with Crippen LogP contribution in [-0.2, 0) is 4.79 Å². The first-order chi connectivity index (χ1) is 16.4. The van der Waals surface area contributed by atoms with Crippen LogP contribution in [0, 0.1) is 12.7 Å². The van der Waals surface area contributed by atoms with Crippen LogP contribution in [0.4, 0.5) is 15.8 Å². The molecule has 1 saturated heterocycles. The molecule has 0 radical (unpaired) electrons. The molecule has 2 N–H and O–H groups in total. The summed E-state index contributed by atoms with van der Waals surface area (Å²) in [4.78, 5) is 32.1. The highest BCUT2D eigenvalue weighted by atomic mass is 19.1. The van der Waals surface area contributed by atoms with E-state index in [0.29, 0.717) is 29.5 Å². The van der Waals surface area contributed by atoms with Crippen molar-refractivity contribution in [1.29, 1.82) is 0 Å². The van der Waals surface area contributed by atoms with Crippen molar-refractivity contribution in [1.82, 2.24) is 9.88 Å². The van der Waals surface area contributed by atoms with Crippen LogP contribution in [0.1, 0.15) is 42.2 Å². The number of piperidine rings is 1. The van der Waals surface area contributed by atoms with Gasteiger partial charge in [-0.05, 0) is 63.6 Å². The van der Waals surface area contributed by atoms with E-state index in [0.717, 1.165) is 30.6 Å². The molecular formula is C27H29FN4O2. The first kappa shape index (κ1) is 23.6. The number of pyridine rings is 1. The molecular weight excluding hydrogens is 431 g/mol. The number of halogens is 1. The smallest absolute Gasteiger partial charge is 0.257 e. The topological polar surface area (TPSA) is 74.3 Å². The maximum Gasteiger partial charge on any atom is 0.257 e. The summed E-state index contributed by atoms with van der Waals surface area (Å²) in [5.74, 6) is -1.20. The van der Waals surface area contributed by atoms with Crippen LogP contribution in [0.2, 0.25) is 0 Å². The summed E-state index contributed by atoms with van der Waals surface area (Å²) in [5.41, 5.74) is 3.04. The average molecular weight is 461 g/mol. The lowest BCUT2D eigenvalue weighted by molar-refractivity contribution is -0.118. The standard InChI is InChI=1S/C27H29FN4O2/c1-18-8-6-7-15-32(18)17-26(33)30-21-11-13-23(28)25(16-21)31-27(34)22-12-14-24(29-19(22)2)20-9-4-3-5-10-20/h3-5,9-14,16,18H,6-8,15,17H2,1-2H3,(H,30,33)(H,31,34). The number of carbonyl (C=O) groups is 2. The van der Waals surface area contributed by atoms with E-state index in [2.05, 4.69) is 27.4 Å². The molecule has 34 heavy (non-hydrogen) atoms. The number of likely N-dealkylation sites (tertiary alicyclic amines) is 1. The Morgan fingerprint density at radius 3 is 2.59 bits per heavy atom. The minimum Gasteiger partial charge on any atom is -0.325 e. The summed E-state index contributed by atoms with van der Waals surface area (Å²) >= 11 is 0. The third-order valence-corrected chi connectivity index (χ3v) is 6.19. The Hall–Kier alpha value is -3.58. The molecule has 4 rings (SSSR count). The summed E-state index contributed by atoms with van der Waals surface area (Å²) in [7, 11) is 0. The second kappa shape index (κ2) is 10.6. The van der Waals surface area contributed by atoms with Gasteiger partial charge in [0.25, 0.3) is 5.91 Å². The van der Waals surface area contributed by atoms with Gasteiger partial charge in [-0.15, -0.1) is 0 Å². The predicted molar refractivity (Wildman–Crippen MR) is 132 cm³/mol. The van der Waals surface area contributed by atoms with Crippen molar-refractivity contribution in [3.8, 4) is 11.3 Å². The van der Waals surface area contributed by atoms with Crippen molar-refractivity contribution in [3.05, 3.63) is 77.7 Å². The summed E-state index contributed by atoms with van der Waals surface area (Å²) in [6, 6.07) is 17.7. The number of hydrogen-bond acceptors (Lipinski definition) is 4. The first-order valence-corrected chi connectivity index (χ1v) is 11.6. The average Bonchev–Trinajstić information content (AvgIpc) is 2.83. The molecule has 2 heterocycles. The lowest BCUT2D eigenvalue weighted by Gasteiger charge is -2.32. The van der Waals surface area contributed by atoms with Crippen molar-refractivity contribution in [2.24, 2.45) is 0 Å². The largest absolute Gasteiger partial charge is 0.325 e. The maximum absolute atomic E-state index is 14.4. The summed E-state index contributed by atoms with van der Waals surface area (Å²) in [6.07, 6.45) is 3.36. The molecule has 2 aromatic carbocycles. The maximum atomic E-state index is 14.4. The van der Waals surface area contributed by atoms with Gasteiger partial charge in [0.2, 0.25) is 5.91 Å². The van der Waals surface area contributed by atoms with Gasteiger partial charge in [-0.2, -0.15) is 0 Å². The zero-order valence-corrected chi connectivity index (χ0v) is 19.5. The highest BCUT2D eigenvalue weighted by molar-refractivity contribution is 6.05. The minimum absolute atomic E-state index is 0.000626. The fourth-order valence-corrected chi connectivity index (χ4v) is 4.24. The number of anilines is 2. The Kier molecular flexibility index (Phi) is 7.33. The molecule has 0 aliphatic carbocycles. The van der Waals surface area contributed by atoms with Crippen LogP contribution in [0.15, 0.2) is 60.7 Å². The molecule has 7 heteroatoms. The Morgan fingerprint density at radius 1 is 1.06 bits per heavy atom. The molecule has 0 saturated carbocycles. The normalized spacial score (nSPS) is 16.1. The van der Waals surface area contributed by atoms with Gasteiger partial charge in [0.1, 0.15) is 5.82 Å². The number of rotatable bonds is 6. The van der Waals surface area contributed by atoms with Crippen LogP contribution >= 0.6 is 0 Å². The zero-order valence-electron chi connectivity index (χ0n) is 19.5. The first-order valence-electron chi connectivity index (χ1n) is 11.6. The van der Waals surface area contributed by atoms with E-state index in [1.807, 2.05) is 30.3 Å². The van der Waals surface area contributed by atoms with Gasteiger partial charge in [0.15, 0.2) is 0 Å². The van der Waals surface area contributed by atoms with E-state index >= 15 is 0 Å². The summed E-state index contributed by atoms with van der Waals surface area (Å²) < 4.78 is 14.4. The van der Waals surface area contributed by atoms with E-state index in [-0.39, 0.29) is 11.6 Å². The minimum atomic E-state index is -0.581. The Bertz CT molecular complexity index is 1180. The molecule has 1 aliphatic rings. The molecule has 1 aromatic heterocycles. The second-order valence-electron chi connectivity index (χ2n) is 8.71. The molecule has 1 unspecified atom stereocenters. The third kappa shape index (κ3) is 5.66. The van der Waals surface area contributed by atoms with Gasteiger partial charge in [0.05, 0.1) is 29.2 Å². The van der Waals surface area contributed by atoms with Crippen molar-refractivity contribution < 1.29 is 14.0 Å². The third-order valence-electron chi connectivity index (χ3n) is 6.19. The zero-order chi connectivity index (χ0) is 24.1. The number of amides is 2. The molecule has 1 atom stereocenters. The van der Waals surface area contributed by atoms with Gasteiger partial charge in [-0.3, -0.25) is 19.5 Å². The molecule has 176 valence electrons. The van der Waals surface area contributed by atoms with E-state index < -0.39 is 11.7 Å². The van der Waals surface area contributed by atoms with E-state index in [1.165, 1.54) is 24.6 Å². The Morgan fingerprint density at radius 2 is 1.85 bits per heavy atom. The van der Waals surface area contributed by atoms with Crippen LogP contribution in [0.3, 0.4) is 0 Å². The lowest BCUT2D eigenvalue weighted by Crippen LogP contribution is -2.42. The van der Waals surface area contributed by atoms with Gasteiger partial charge < -0.3 is 10.6 Å². The van der Waals surface area contributed by atoms with Gasteiger partial charge in [0, 0.05) is 17.3 Å². The highest BCUT2D eigenvalue weighted by Crippen LogP contribution is 2.23. The molecule has 6 nitrogen and oxygen atoms in total. The van der Waals surface area contributed by atoms with Crippen molar-refractivity contribution >= 4 is 23.2 Å². The van der Waals surface area contributed by atoms with Crippen LogP contribution in [0.5, 0.6) is 0 Å². The van der Waals surface area contributed by atoms with Crippen molar-refractivity contribution in [3.63, 3.8) is 0 Å². The van der Waals surface area contributed by atoms with E-state index in [9.17, 15) is 14.0 Å². The van der Waals surface area contributed by atoms with Gasteiger partial charge >= 0.3 is 0 Å². The number of nitrogens with zero attached hydrogens (tertiary/aromatic N) is 2. The quantitative estimate of drug-likeness (QED) is 0.526. The van der Waals surface area contributed by atoms with Crippen molar-refractivity contribution in [2.45, 2.75) is 39.2 Å². The number of carbonyl (C=O) groups excluding carboxylic acids is 2. The van der Waals surface area contributed by atoms with Gasteiger partial charge in [-0.1, -0.05) is 36.8 Å². The number of aryl methyl sites for hydroxylation is 1. The molecule has 1 fully saturated rings. The molecule has 2 amide bonds. The molecule has 0 bridgehead atoms. The molecule has 3 aromatic rings. The molecule has 0 spiro atoms. The fourth-order valence-electron chi connectivity index (χ4n) is 4.24. The van der Waals surface area contributed by atoms with E-state index in [1.54, 1.807) is 19.1 Å². The SMILES string of the molecule is Cc1nc(-c2ccccc2)ccc1C(=O)Nc1cc(NC(=O)CN2CCCCC2C)ccc1F. The summed E-state index contributed by atoms with van der Waals surface area (Å²) in [5, 5.41) is 5.43. The van der Waals surface area contributed by atoms with Crippen molar-refractivity contribution in [2.75, 3.05) is 23.7 Å². The highest BCUT2D eigenvalue weighted by Gasteiger charge is 2.21. The van der Waals surface area contributed by atoms with Gasteiger partial charge in [-0.25, -0.2) is 4.39 Å². The molecule has 1 aliphatic heterocycles. The lowest BCUT2D eigenvalue weighted by atomic mass is 10.0. The van der Waals surface area contributed by atoms with E-state index in [4.69, 9.17) is 0 Å². The van der Waals surface area contributed by atoms with Crippen LogP contribution < -0.4 is 10.6 Å². The second-order valence-corrected chi connectivity index (χ2v) is 8.71. The number of nitrogens with one attached hydrogen (secondary N) is 2. The van der Waals surface area contributed by atoms with Crippen LogP contribution in [-0.4, -0.2) is 40.8 Å². The number of aromatic nitrogens is 1. The fraction of sp³-hybridized carbons (Fsp3) is 0.296. The number of hydrogen-bond donors (Lipinski definition) is 2. The predicted octanol–water partition coefficient (Wildman–Crippen LogP) is 5.26. The Labute approximate surface area is 199 Å². The van der Waals surface area contributed by atoms with Crippen LogP contribution in [0.25, 0.3) is 11.3 Å². The Balaban J connectivity index is 1.44. The monoisotopic (exact) mass is 460 g/mol. The summed E-state index contributed by atoms with van der Waals surface area (Å²) in [6.45, 7) is 5.06.